The summed E-state index contributed by atoms with van der Waals surface area (Å²) in [6.45, 7) is 2.03. The fourth-order valence-electron chi connectivity index (χ4n) is 2.13. The molecule has 0 saturated carbocycles. The van der Waals surface area contributed by atoms with Gasteiger partial charge < -0.3 is 14.8 Å². The molecule has 1 amide bonds. The molecule has 0 aliphatic heterocycles. The van der Waals surface area contributed by atoms with Crippen LogP contribution in [0.25, 0.3) is 11.6 Å². The quantitative estimate of drug-likeness (QED) is 0.371. The number of nitrogens with one attached hydrogen (secondary N) is 1. The third-order valence-corrected chi connectivity index (χ3v) is 5.08. The third-order valence-electron chi connectivity index (χ3n) is 3.36. The highest BCUT2D eigenvalue weighted by molar-refractivity contribution is 7.12. The lowest BCUT2D eigenvalue weighted by Crippen LogP contribution is -2.30. The highest BCUT2D eigenvalue weighted by atomic mass is 32.1. The maximum Gasteiger partial charge on any atom is 0.340 e. The first kappa shape index (κ1) is 20.9. The number of rotatable bonds is 10. The lowest BCUT2D eigenvalue weighted by molar-refractivity contribution is -0.143. The van der Waals surface area contributed by atoms with Crippen molar-refractivity contribution in [3.63, 3.8) is 0 Å². The molecule has 27 heavy (non-hydrogen) atoms. The van der Waals surface area contributed by atoms with Gasteiger partial charge in [-0.25, -0.2) is 4.79 Å². The standard InChI is InChI=1S/C19H21NO5S2/c1-2-24-18(22)8-3-9-20-17(21)13-25-19(23)15(16-7-5-11-27-16)12-14-6-4-10-26-14/h4-7,10-12H,2-3,8-9,13H2,1H3,(H,20,21). The molecule has 0 radical (unpaired) electrons. The number of amides is 1. The van der Waals surface area contributed by atoms with E-state index in [-0.39, 0.29) is 19.0 Å². The minimum atomic E-state index is -0.549. The SMILES string of the molecule is CCOC(=O)CCCNC(=O)COC(=O)C(=Cc1cccs1)c1cccs1. The zero-order valence-corrected chi connectivity index (χ0v) is 16.6. The largest absolute Gasteiger partial charge is 0.466 e. The van der Waals surface area contributed by atoms with Gasteiger partial charge in [0.05, 0.1) is 12.2 Å². The van der Waals surface area contributed by atoms with Crippen LogP contribution < -0.4 is 5.32 Å². The van der Waals surface area contributed by atoms with Crippen molar-refractivity contribution in [3.8, 4) is 0 Å². The number of carbonyl (C=O) groups is 3. The van der Waals surface area contributed by atoms with Crippen molar-refractivity contribution in [2.45, 2.75) is 19.8 Å². The van der Waals surface area contributed by atoms with E-state index in [1.54, 1.807) is 13.0 Å². The van der Waals surface area contributed by atoms with E-state index in [1.165, 1.54) is 22.7 Å². The van der Waals surface area contributed by atoms with Crippen LogP contribution in [0.2, 0.25) is 0 Å². The second-order valence-corrected chi connectivity index (χ2v) is 7.31. The second-order valence-electron chi connectivity index (χ2n) is 5.39. The molecule has 0 saturated heterocycles. The van der Waals surface area contributed by atoms with E-state index in [0.29, 0.717) is 25.1 Å². The van der Waals surface area contributed by atoms with E-state index < -0.39 is 11.9 Å². The molecule has 0 aromatic carbocycles. The first-order valence-electron chi connectivity index (χ1n) is 8.48. The minimum absolute atomic E-state index is 0.236. The molecular formula is C19H21NO5S2. The van der Waals surface area contributed by atoms with Gasteiger partial charge in [0.15, 0.2) is 6.61 Å². The lowest BCUT2D eigenvalue weighted by atomic mass is 10.2. The summed E-state index contributed by atoms with van der Waals surface area (Å²) in [7, 11) is 0. The van der Waals surface area contributed by atoms with Crippen molar-refractivity contribution in [3.05, 3.63) is 44.8 Å². The van der Waals surface area contributed by atoms with Crippen LogP contribution in [0.3, 0.4) is 0 Å². The van der Waals surface area contributed by atoms with Crippen LogP contribution in [-0.2, 0) is 23.9 Å². The Morgan fingerprint density at radius 1 is 1.11 bits per heavy atom. The number of esters is 2. The molecule has 2 aromatic rings. The van der Waals surface area contributed by atoms with Gasteiger partial charge in [0.25, 0.3) is 5.91 Å². The smallest absolute Gasteiger partial charge is 0.340 e. The predicted octanol–water partition coefficient (Wildman–Crippen LogP) is 3.35. The third kappa shape index (κ3) is 7.36. The van der Waals surface area contributed by atoms with Crippen molar-refractivity contribution in [2.24, 2.45) is 0 Å². The van der Waals surface area contributed by atoms with Crippen LogP contribution in [0.5, 0.6) is 0 Å². The van der Waals surface area contributed by atoms with Crippen LogP contribution in [0.15, 0.2) is 35.0 Å². The van der Waals surface area contributed by atoms with Crippen molar-refractivity contribution in [2.75, 3.05) is 19.8 Å². The summed E-state index contributed by atoms with van der Waals surface area (Å²) in [6.07, 6.45) is 2.47. The molecule has 0 bridgehead atoms. The molecule has 144 valence electrons. The molecule has 0 fully saturated rings. The van der Waals surface area contributed by atoms with Crippen molar-refractivity contribution in [1.82, 2.24) is 5.32 Å². The van der Waals surface area contributed by atoms with E-state index in [2.05, 4.69) is 5.32 Å². The van der Waals surface area contributed by atoms with Gasteiger partial charge in [-0.1, -0.05) is 12.1 Å². The van der Waals surface area contributed by atoms with Crippen molar-refractivity contribution in [1.29, 1.82) is 0 Å². The summed E-state index contributed by atoms with van der Waals surface area (Å²) in [5.74, 6) is -1.25. The van der Waals surface area contributed by atoms with Gasteiger partial charge in [-0.05, 0) is 42.3 Å². The Balaban J connectivity index is 1.82. The van der Waals surface area contributed by atoms with Crippen LogP contribution in [0.4, 0.5) is 0 Å². The van der Waals surface area contributed by atoms with Crippen molar-refractivity contribution >= 4 is 52.2 Å². The average molecular weight is 408 g/mol. The Morgan fingerprint density at radius 2 is 1.89 bits per heavy atom. The fraction of sp³-hybridized carbons (Fsp3) is 0.316. The zero-order valence-electron chi connectivity index (χ0n) is 14.9. The maximum absolute atomic E-state index is 12.4. The van der Waals surface area contributed by atoms with Crippen LogP contribution in [0.1, 0.15) is 29.5 Å². The molecule has 0 spiro atoms. The highest BCUT2D eigenvalue weighted by Crippen LogP contribution is 2.25. The Morgan fingerprint density at radius 3 is 2.56 bits per heavy atom. The molecule has 2 heterocycles. The first-order chi connectivity index (χ1) is 13.1. The second kappa shape index (κ2) is 11.3. The molecule has 2 rings (SSSR count). The summed E-state index contributed by atoms with van der Waals surface area (Å²) in [5, 5.41) is 6.42. The fourth-order valence-corrected chi connectivity index (χ4v) is 3.52. The molecule has 0 unspecified atom stereocenters. The lowest BCUT2D eigenvalue weighted by Gasteiger charge is -2.08. The summed E-state index contributed by atoms with van der Waals surface area (Å²) >= 11 is 2.94. The molecule has 2 aromatic heterocycles. The van der Waals surface area contributed by atoms with Gasteiger partial charge >= 0.3 is 11.9 Å². The molecule has 0 aliphatic carbocycles. The maximum atomic E-state index is 12.4. The van der Waals surface area contributed by atoms with Gasteiger partial charge in [0, 0.05) is 22.7 Å². The van der Waals surface area contributed by atoms with Crippen LogP contribution in [0, 0.1) is 0 Å². The molecule has 6 nitrogen and oxygen atoms in total. The number of hydrogen-bond donors (Lipinski definition) is 1. The Labute approximate surface area is 165 Å². The number of thiophene rings is 2. The summed E-state index contributed by atoms with van der Waals surface area (Å²) in [5.41, 5.74) is 0.419. The van der Waals surface area contributed by atoms with Crippen molar-refractivity contribution < 1.29 is 23.9 Å². The van der Waals surface area contributed by atoms with Gasteiger partial charge in [-0.2, -0.15) is 0 Å². The topological polar surface area (TPSA) is 81.7 Å². The number of hydrogen-bond acceptors (Lipinski definition) is 7. The first-order valence-corrected chi connectivity index (χ1v) is 10.2. The highest BCUT2D eigenvalue weighted by Gasteiger charge is 2.16. The number of ether oxygens (including phenoxy) is 2. The predicted molar refractivity (Wildman–Crippen MR) is 106 cm³/mol. The Bertz CT molecular complexity index is 766. The molecule has 0 aliphatic rings. The van der Waals surface area contributed by atoms with Gasteiger partial charge in [-0.3, -0.25) is 9.59 Å². The molecular weight excluding hydrogens is 386 g/mol. The Kier molecular flexibility index (Phi) is 8.73. The van der Waals surface area contributed by atoms with Gasteiger partial charge in [0.2, 0.25) is 0 Å². The summed E-state index contributed by atoms with van der Waals surface area (Å²) in [6, 6.07) is 7.49. The molecule has 8 heteroatoms. The van der Waals surface area contributed by atoms with E-state index in [1.807, 2.05) is 35.0 Å². The van der Waals surface area contributed by atoms with E-state index in [9.17, 15) is 14.4 Å². The summed E-state index contributed by atoms with van der Waals surface area (Å²) in [4.78, 5) is 37.2. The van der Waals surface area contributed by atoms with Crippen LogP contribution >= 0.6 is 22.7 Å². The molecule has 0 atom stereocenters. The van der Waals surface area contributed by atoms with E-state index in [0.717, 1.165) is 9.75 Å². The normalized spacial score (nSPS) is 11.1. The molecule has 1 N–H and O–H groups in total. The summed E-state index contributed by atoms with van der Waals surface area (Å²) < 4.78 is 9.96. The van der Waals surface area contributed by atoms with Gasteiger partial charge in [0.1, 0.15) is 0 Å². The Hall–Kier alpha value is -2.45. The minimum Gasteiger partial charge on any atom is -0.466 e. The van der Waals surface area contributed by atoms with E-state index in [4.69, 9.17) is 9.47 Å². The van der Waals surface area contributed by atoms with Gasteiger partial charge in [-0.15, -0.1) is 22.7 Å². The van der Waals surface area contributed by atoms with E-state index >= 15 is 0 Å². The zero-order chi connectivity index (χ0) is 19.5. The van der Waals surface area contributed by atoms with Crippen LogP contribution in [-0.4, -0.2) is 37.6 Å². The monoisotopic (exact) mass is 407 g/mol. The number of carbonyl (C=O) groups excluding carboxylic acids is 3. The average Bonchev–Trinajstić information content (AvgIpc) is 3.35.